The van der Waals surface area contributed by atoms with Gasteiger partial charge in [-0.25, -0.2) is 0 Å². The van der Waals surface area contributed by atoms with Gasteiger partial charge in [0.15, 0.2) is 0 Å². The molecule has 0 N–H and O–H groups in total. The van der Waals surface area contributed by atoms with Gasteiger partial charge < -0.3 is 13.3 Å². The molecule has 0 aromatic carbocycles. The quantitative estimate of drug-likeness (QED) is 0.100. The topological polar surface area (TPSA) is 27.7 Å². The maximum Gasteiger partial charge on any atom is 0.501 e. The summed E-state index contributed by atoms with van der Waals surface area (Å²) in [7, 11) is -0.938. The predicted molar refractivity (Wildman–Crippen MR) is 148 cm³/mol. The molecular formula is C29H62O3Si. The van der Waals surface area contributed by atoms with E-state index >= 15 is 0 Å². The van der Waals surface area contributed by atoms with Gasteiger partial charge in [0.1, 0.15) is 0 Å². The number of hydrogen-bond donors (Lipinski definition) is 0. The molecular weight excluding hydrogens is 424 g/mol. The van der Waals surface area contributed by atoms with E-state index in [1.807, 2.05) is 7.11 Å². The third kappa shape index (κ3) is 12.6. The Hall–Kier alpha value is 0.0969. The molecule has 0 aliphatic heterocycles. The number of unbranched alkanes of at least 4 members (excludes halogenated alkanes) is 9. The fourth-order valence-corrected chi connectivity index (χ4v) is 7.97. The molecule has 4 heteroatoms. The predicted octanol–water partition coefficient (Wildman–Crippen LogP) is 10.2. The fourth-order valence-electron chi connectivity index (χ4n) is 5.13. The first-order valence-corrected chi connectivity index (χ1v) is 16.8. The minimum Gasteiger partial charge on any atom is -0.377 e. The van der Waals surface area contributed by atoms with E-state index < -0.39 is 8.80 Å². The van der Waals surface area contributed by atoms with Gasteiger partial charge in [0.2, 0.25) is 0 Å². The summed E-state index contributed by atoms with van der Waals surface area (Å²) < 4.78 is 20.6. The molecule has 0 aromatic heterocycles. The Bertz CT molecular complexity index is 421. The number of hydrogen-bond acceptors (Lipinski definition) is 3. The highest BCUT2D eigenvalue weighted by Crippen LogP contribution is 2.39. The molecule has 0 spiro atoms. The van der Waals surface area contributed by atoms with Gasteiger partial charge in [0, 0.05) is 13.2 Å². The van der Waals surface area contributed by atoms with Crippen LogP contribution in [0.2, 0.25) is 6.04 Å². The summed E-state index contributed by atoms with van der Waals surface area (Å²) in [5.41, 5.74) is -0.217. The summed E-state index contributed by atoms with van der Waals surface area (Å²) >= 11 is 0. The lowest BCUT2D eigenvalue weighted by Crippen LogP contribution is -2.56. The van der Waals surface area contributed by atoms with Crippen molar-refractivity contribution in [3.63, 3.8) is 0 Å². The van der Waals surface area contributed by atoms with E-state index in [4.69, 9.17) is 13.3 Å². The molecule has 0 rings (SSSR count). The van der Waals surface area contributed by atoms with Gasteiger partial charge in [0.25, 0.3) is 0 Å². The van der Waals surface area contributed by atoms with Crippen LogP contribution in [0.25, 0.3) is 0 Å². The Morgan fingerprint density at radius 2 is 0.848 bits per heavy atom. The standard InChI is InChI=1S/C29H62O3Si/c1-9-16-19-22-25-28(12-4,13-5)31-33(15-7,30-8)32-29(14-6,26-23-20-17-10-2)27-24-21-18-11-3/h9-27H2,1-8H3. The van der Waals surface area contributed by atoms with Crippen molar-refractivity contribution in [2.45, 2.75) is 181 Å². The van der Waals surface area contributed by atoms with Crippen LogP contribution in [0.4, 0.5) is 0 Å². The zero-order valence-corrected chi connectivity index (χ0v) is 25.2. The first kappa shape index (κ1) is 33.1. The Morgan fingerprint density at radius 1 is 0.485 bits per heavy atom. The van der Waals surface area contributed by atoms with E-state index in [2.05, 4.69) is 48.5 Å². The van der Waals surface area contributed by atoms with Gasteiger partial charge in [-0.2, -0.15) is 0 Å². The van der Waals surface area contributed by atoms with E-state index in [0.29, 0.717) is 0 Å². The van der Waals surface area contributed by atoms with Crippen molar-refractivity contribution in [1.82, 2.24) is 0 Å². The lowest BCUT2D eigenvalue weighted by molar-refractivity contribution is -0.0868. The minimum atomic E-state index is -2.78. The molecule has 0 heterocycles. The minimum absolute atomic E-state index is 0.102. The van der Waals surface area contributed by atoms with Crippen molar-refractivity contribution < 1.29 is 13.3 Å². The first-order chi connectivity index (χ1) is 15.9. The Labute approximate surface area is 210 Å². The van der Waals surface area contributed by atoms with Crippen molar-refractivity contribution in [2.75, 3.05) is 7.11 Å². The van der Waals surface area contributed by atoms with Gasteiger partial charge in [-0.1, -0.05) is 126 Å². The third-order valence-electron chi connectivity index (χ3n) is 7.88. The van der Waals surface area contributed by atoms with Gasteiger partial charge in [-0.3, -0.25) is 0 Å². The van der Waals surface area contributed by atoms with Gasteiger partial charge in [0.05, 0.1) is 11.2 Å². The average Bonchev–Trinajstić information content (AvgIpc) is 2.85. The summed E-state index contributed by atoms with van der Waals surface area (Å²) in [6.45, 7) is 16.0. The molecule has 0 amide bonds. The zero-order chi connectivity index (χ0) is 25.1. The molecule has 0 aliphatic carbocycles. The van der Waals surface area contributed by atoms with E-state index in [-0.39, 0.29) is 11.2 Å². The largest absolute Gasteiger partial charge is 0.501 e. The smallest absolute Gasteiger partial charge is 0.377 e. The Kier molecular flexibility index (Phi) is 19.4. The van der Waals surface area contributed by atoms with E-state index in [9.17, 15) is 0 Å². The van der Waals surface area contributed by atoms with E-state index in [0.717, 1.165) is 44.6 Å². The molecule has 0 fully saturated rings. The van der Waals surface area contributed by atoms with Crippen molar-refractivity contribution in [3.05, 3.63) is 0 Å². The monoisotopic (exact) mass is 486 g/mol. The van der Waals surface area contributed by atoms with Crippen molar-refractivity contribution in [1.29, 1.82) is 0 Å². The third-order valence-corrected chi connectivity index (χ3v) is 10.9. The normalized spacial score (nSPS) is 14.5. The Morgan fingerprint density at radius 3 is 1.15 bits per heavy atom. The van der Waals surface area contributed by atoms with Crippen LogP contribution in [0.15, 0.2) is 0 Å². The van der Waals surface area contributed by atoms with Crippen LogP contribution in [0.1, 0.15) is 164 Å². The van der Waals surface area contributed by atoms with Crippen molar-refractivity contribution in [3.8, 4) is 0 Å². The van der Waals surface area contributed by atoms with Crippen LogP contribution in [-0.2, 0) is 13.3 Å². The van der Waals surface area contributed by atoms with Gasteiger partial charge in [-0.05, 0) is 38.5 Å². The maximum absolute atomic E-state index is 7.21. The zero-order valence-electron chi connectivity index (χ0n) is 24.2. The second-order valence-corrected chi connectivity index (χ2v) is 13.2. The van der Waals surface area contributed by atoms with Gasteiger partial charge >= 0.3 is 8.80 Å². The fraction of sp³-hybridized carbons (Fsp3) is 1.00. The van der Waals surface area contributed by atoms with E-state index in [1.165, 1.54) is 77.0 Å². The van der Waals surface area contributed by atoms with Gasteiger partial charge in [-0.15, -0.1) is 0 Å². The van der Waals surface area contributed by atoms with Crippen LogP contribution >= 0.6 is 0 Å². The summed E-state index contributed by atoms with van der Waals surface area (Å²) in [6, 6.07) is 0.853. The second-order valence-electron chi connectivity index (χ2n) is 10.3. The maximum atomic E-state index is 7.21. The SMILES string of the molecule is CCCCCCC(CC)(CC)O[Si](CC)(OC)OC(CC)(CCCCCC)CCCCCC. The second kappa shape index (κ2) is 19.3. The highest BCUT2D eigenvalue weighted by molar-refractivity contribution is 6.60. The highest BCUT2D eigenvalue weighted by Gasteiger charge is 2.50. The molecule has 0 aromatic rings. The van der Waals surface area contributed by atoms with Crippen LogP contribution in [0.3, 0.4) is 0 Å². The molecule has 0 radical (unpaired) electrons. The first-order valence-electron chi connectivity index (χ1n) is 14.9. The molecule has 1 atom stereocenters. The molecule has 0 aliphatic rings. The van der Waals surface area contributed by atoms with Crippen molar-refractivity contribution >= 4 is 8.80 Å². The molecule has 200 valence electrons. The molecule has 0 saturated heterocycles. The van der Waals surface area contributed by atoms with Crippen LogP contribution in [0, 0.1) is 0 Å². The summed E-state index contributed by atoms with van der Waals surface area (Å²) in [5, 5.41) is 0. The van der Waals surface area contributed by atoms with Crippen LogP contribution in [0.5, 0.6) is 0 Å². The molecule has 1 unspecified atom stereocenters. The molecule has 0 bridgehead atoms. The number of rotatable bonds is 24. The molecule has 3 nitrogen and oxygen atoms in total. The lowest BCUT2D eigenvalue weighted by atomic mass is 9.87. The molecule has 33 heavy (non-hydrogen) atoms. The summed E-state index contributed by atoms with van der Waals surface area (Å²) in [5.74, 6) is 0. The summed E-state index contributed by atoms with van der Waals surface area (Å²) in [6.07, 6.45) is 21.9. The van der Waals surface area contributed by atoms with E-state index in [1.54, 1.807) is 0 Å². The summed E-state index contributed by atoms with van der Waals surface area (Å²) in [4.78, 5) is 0. The van der Waals surface area contributed by atoms with Crippen LogP contribution < -0.4 is 0 Å². The Balaban J connectivity index is 5.67. The average molecular weight is 487 g/mol. The molecule has 0 saturated carbocycles. The van der Waals surface area contributed by atoms with Crippen molar-refractivity contribution in [2.24, 2.45) is 0 Å². The highest BCUT2D eigenvalue weighted by atomic mass is 28.4. The van der Waals surface area contributed by atoms with Crippen LogP contribution in [-0.4, -0.2) is 27.1 Å². The lowest BCUT2D eigenvalue weighted by Gasteiger charge is -2.45.